The molecule has 0 saturated heterocycles. The zero-order valence-corrected chi connectivity index (χ0v) is 23.7. The summed E-state index contributed by atoms with van der Waals surface area (Å²) in [5, 5.41) is 9.08. The fourth-order valence-electron chi connectivity index (χ4n) is 4.72. The Balaban J connectivity index is 1.81. The van der Waals surface area contributed by atoms with Gasteiger partial charge in [0.25, 0.3) is 0 Å². The molecule has 0 unspecified atom stereocenters. The molecule has 0 saturated carbocycles. The highest BCUT2D eigenvalue weighted by atomic mass is 16.5. The fraction of sp³-hybridized carbons (Fsp3) is 0.394. The van der Waals surface area contributed by atoms with Crippen LogP contribution in [-0.2, 0) is 16.8 Å². The van der Waals surface area contributed by atoms with Gasteiger partial charge in [-0.3, -0.25) is 4.79 Å². The van der Waals surface area contributed by atoms with E-state index in [9.17, 15) is 9.59 Å². The second-order valence-corrected chi connectivity index (χ2v) is 11.0. The maximum Gasteiger partial charge on any atom is 0.335 e. The monoisotopic (exact) mass is 516 g/mol. The summed E-state index contributed by atoms with van der Waals surface area (Å²) < 4.78 is 12.0. The lowest BCUT2D eigenvalue weighted by molar-refractivity contribution is -0.128. The highest BCUT2D eigenvalue weighted by Crippen LogP contribution is 2.41. The van der Waals surface area contributed by atoms with Crippen molar-refractivity contribution in [1.29, 1.82) is 0 Å². The maximum absolute atomic E-state index is 12.3. The van der Waals surface area contributed by atoms with Gasteiger partial charge in [-0.05, 0) is 78.8 Å². The van der Waals surface area contributed by atoms with E-state index >= 15 is 0 Å². The number of hydrogen-bond donors (Lipinski definition) is 1. The molecular formula is C33H40O5. The number of aryl methyl sites for hydroxylation is 2. The average Bonchev–Trinajstić information content (AvgIpc) is 2.88. The number of rotatable bonds is 11. The number of benzene rings is 3. The first-order valence-corrected chi connectivity index (χ1v) is 13.2. The van der Waals surface area contributed by atoms with E-state index in [2.05, 4.69) is 45.0 Å². The lowest BCUT2D eigenvalue weighted by atomic mass is 9.70. The van der Waals surface area contributed by atoms with Crippen LogP contribution in [0.5, 0.6) is 11.5 Å². The van der Waals surface area contributed by atoms with E-state index in [-0.39, 0.29) is 23.4 Å². The van der Waals surface area contributed by atoms with Crippen molar-refractivity contribution in [3.8, 4) is 11.5 Å². The lowest BCUT2D eigenvalue weighted by Gasteiger charge is -2.34. The molecular weight excluding hydrogens is 476 g/mol. The number of carboxylic acids is 1. The SMILES string of the molecule is CCC(CC)(c1ccc(OCC(=O)C(C)(C)C)c(C)c1)c1ccc(OCc2ccc(C(=O)O)cc2)c(C)c1. The molecule has 0 bridgehead atoms. The van der Waals surface area contributed by atoms with E-state index in [0.29, 0.717) is 6.61 Å². The minimum Gasteiger partial charge on any atom is -0.489 e. The van der Waals surface area contributed by atoms with Gasteiger partial charge in [0.15, 0.2) is 5.78 Å². The third kappa shape index (κ3) is 6.45. The molecule has 5 nitrogen and oxygen atoms in total. The van der Waals surface area contributed by atoms with E-state index in [4.69, 9.17) is 14.6 Å². The van der Waals surface area contributed by atoms with E-state index in [1.807, 2.05) is 39.8 Å². The number of ether oxygens (including phenoxy) is 2. The number of ketones is 1. The Kier molecular flexibility index (Phi) is 9.03. The molecule has 0 heterocycles. The van der Waals surface area contributed by atoms with Crippen molar-refractivity contribution in [2.24, 2.45) is 5.41 Å². The van der Waals surface area contributed by atoms with E-state index < -0.39 is 11.4 Å². The Hall–Kier alpha value is -3.60. The summed E-state index contributed by atoms with van der Waals surface area (Å²) in [5.41, 5.74) is 5.10. The smallest absolute Gasteiger partial charge is 0.335 e. The van der Waals surface area contributed by atoms with Gasteiger partial charge in [0, 0.05) is 10.8 Å². The van der Waals surface area contributed by atoms with Gasteiger partial charge in [-0.15, -0.1) is 0 Å². The fourth-order valence-corrected chi connectivity index (χ4v) is 4.72. The number of Topliss-reactive ketones (excluding diaryl/α,β-unsaturated/α-hetero) is 1. The Morgan fingerprint density at radius 3 is 1.68 bits per heavy atom. The maximum atomic E-state index is 12.3. The molecule has 0 fully saturated rings. The third-order valence-corrected chi connectivity index (χ3v) is 7.45. The molecule has 38 heavy (non-hydrogen) atoms. The van der Waals surface area contributed by atoms with Crippen LogP contribution in [-0.4, -0.2) is 23.5 Å². The summed E-state index contributed by atoms with van der Waals surface area (Å²) in [4.78, 5) is 23.4. The van der Waals surface area contributed by atoms with Gasteiger partial charge >= 0.3 is 5.97 Å². The van der Waals surface area contributed by atoms with Crippen LogP contribution in [0.2, 0.25) is 0 Å². The summed E-state index contributed by atoms with van der Waals surface area (Å²) in [6, 6.07) is 19.4. The second kappa shape index (κ2) is 11.8. The Morgan fingerprint density at radius 2 is 1.26 bits per heavy atom. The standard InChI is InChI=1S/C33H40O5/c1-8-33(9-2,27-15-17-29(23(4)19-27)38-21-30(34)32(5,6)7)26-14-16-28(22(3)18-26)37-20-24-10-12-25(13-11-24)31(35)36/h10-19H,8-9,20-21H2,1-7H3,(H,35,36). The van der Waals surface area contributed by atoms with Crippen LogP contribution in [0.25, 0.3) is 0 Å². The number of hydrogen-bond acceptors (Lipinski definition) is 4. The molecule has 3 rings (SSSR count). The van der Waals surface area contributed by atoms with Crippen molar-refractivity contribution in [2.75, 3.05) is 6.61 Å². The van der Waals surface area contributed by atoms with Crippen LogP contribution >= 0.6 is 0 Å². The van der Waals surface area contributed by atoms with E-state index in [0.717, 1.165) is 41.0 Å². The first-order chi connectivity index (χ1) is 17.9. The second-order valence-electron chi connectivity index (χ2n) is 11.0. The van der Waals surface area contributed by atoms with Crippen LogP contribution < -0.4 is 9.47 Å². The van der Waals surface area contributed by atoms with Gasteiger partial charge in [0.2, 0.25) is 0 Å². The van der Waals surface area contributed by atoms with Crippen molar-refractivity contribution < 1.29 is 24.2 Å². The Morgan fingerprint density at radius 1 is 0.763 bits per heavy atom. The lowest BCUT2D eigenvalue weighted by Crippen LogP contribution is -2.27. The molecule has 0 aromatic heterocycles. The van der Waals surface area contributed by atoms with Gasteiger partial charge < -0.3 is 14.6 Å². The summed E-state index contributed by atoms with van der Waals surface area (Å²) in [6.07, 6.45) is 1.86. The van der Waals surface area contributed by atoms with Gasteiger partial charge in [-0.25, -0.2) is 4.79 Å². The summed E-state index contributed by atoms with van der Waals surface area (Å²) >= 11 is 0. The Labute approximate surface area is 226 Å². The molecule has 0 amide bonds. The quantitative estimate of drug-likeness (QED) is 0.283. The van der Waals surface area contributed by atoms with Crippen LogP contribution in [0, 0.1) is 19.3 Å². The molecule has 5 heteroatoms. The molecule has 0 aliphatic carbocycles. The normalized spacial score (nSPS) is 11.8. The molecule has 3 aromatic rings. The highest BCUT2D eigenvalue weighted by Gasteiger charge is 2.32. The van der Waals surface area contributed by atoms with Crippen molar-refractivity contribution in [2.45, 2.75) is 73.3 Å². The highest BCUT2D eigenvalue weighted by molar-refractivity contribution is 5.87. The molecule has 0 radical (unpaired) electrons. The first kappa shape index (κ1) is 29.0. The molecule has 202 valence electrons. The molecule has 0 spiro atoms. The van der Waals surface area contributed by atoms with Crippen LogP contribution in [0.3, 0.4) is 0 Å². The Bertz CT molecular complexity index is 1280. The van der Waals surface area contributed by atoms with Crippen molar-refractivity contribution in [3.05, 3.63) is 94.0 Å². The van der Waals surface area contributed by atoms with Gasteiger partial charge in [0.05, 0.1) is 5.56 Å². The molecule has 0 atom stereocenters. The van der Waals surface area contributed by atoms with Gasteiger partial charge in [-0.2, -0.15) is 0 Å². The molecule has 1 N–H and O–H groups in total. The van der Waals surface area contributed by atoms with Gasteiger partial charge in [0.1, 0.15) is 24.7 Å². The predicted molar refractivity (Wildman–Crippen MR) is 151 cm³/mol. The topological polar surface area (TPSA) is 72.8 Å². The van der Waals surface area contributed by atoms with Gasteiger partial charge in [-0.1, -0.05) is 71.0 Å². The molecule has 0 aliphatic rings. The zero-order valence-electron chi connectivity index (χ0n) is 23.7. The average molecular weight is 517 g/mol. The van der Waals surface area contributed by atoms with Crippen molar-refractivity contribution >= 4 is 11.8 Å². The summed E-state index contributed by atoms with van der Waals surface area (Å²) in [6.45, 7) is 14.7. The summed E-state index contributed by atoms with van der Waals surface area (Å²) in [7, 11) is 0. The van der Waals surface area contributed by atoms with Crippen LogP contribution in [0.4, 0.5) is 0 Å². The zero-order chi connectivity index (χ0) is 28.1. The minimum atomic E-state index is -0.938. The van der Waals surface area contributed by atoms with Crippen molar-refractivity contribution in [3.63, 3.8) is 0 Å². The number of carboxylic acid groups (broad SMARTS) is 1. The minimum absolute atomic E-state index is 0.0702. The van der Waals surface area contributed by atoms with Crippen LogP contribution in [0.1, 0.15) is 85.6 Å². The first-order valence-electron chi connectivity index (χ1n) is 13.2. The largest absolute Gasteiger partial charge is 0.489 e. The number of carbonyl (C=O) groups is 2. The molecule has 3 aromatic carbocycles. The molecule has 0 aliphatic heterocycles. The van der Waals surface area contributed by atoms with E-state index in [1.165, 1.54) is 11.1 Å². The number of carbonyl (C=O) groups excluding carboxylic acids is 1. The van der Waals surface area contributed by atoms with Crippen LogP contribution in [0.15, 0.2) is 60.7 Å². The van der Waals surface area contributed by atoms with Crippen molar-refractivity contribution in [1.82, 2.24) is 0 Å². The third-order valence-electron chi connectivity index (χ3n) is 7.45. The number of aromatic carboxylic acids is 1. The predicted octanol–water partition coefficient (Wildman–Crippen LogP) is 7.68. The summed E-state index contributed by atoms with van der Waals surface area (Å²) in [5.74, 6) is 0.684. The van der Waals surface area contributed by atoms with E-state index in [1.54, 1.807) is 24.3 Å².